The van der Waals surface area contributed by atoms with Crippen molar-refractivity contribution in [1.29, 1.82) is 0 Å². The van der Waals surface area contributed by atoms with Crippen LogP contribution >= 0.6 is 11.8 Å². The summed E-state index contributed by atoms with van der Waals surface area (Å²) in [7, 11) is 0. The summed E-state index contributed by atoms with van der Waals surface area (Å²) in [5.74, 6) is 0.958. The summed E-state index contributed by atoms with van der Waals surface area (Å²) in [6, 6.07) is 4.79. The quantitative estimate of drug-likeness (QED) is 0.835. The number of benzene rings is 1. The summed E-state index contributed by atoms with van der Waals surface area (Å²) in [6.07, 6.45) is -2.49. The third-order valence-electron chi connectivity index (χ3n) is 3.05. The van der Waals surface area contributed by atoms with Gasteiger partial charge in [-0.15, -0.1) is 0 Å². The van der Waals surface area contributed by atoms with Crippen molar-refractivity contribution in [2.45, 2.75) is 25.0 Å². The van der Waals surface area contributed by atoms with Crippen LogP contribution in [-0.2, 0) is 0 Å². The first-order chi connectivity index (χ1) is 8.39. The maximum absolute atomic E-state index is 13.1. The van der Waals surface area contributed by atoms with Crippen LogP contribution in [0.1, 0.15) is 25.8 Å². The van der Waals surface area contributed by atoms with E-state index in [0.29, 0.717) is 11.4 Å². The van der Waals surface area contributed by atoms with Crippen molar-refractivity contribution in [3.05, 3.63) is 23.8 Å². The van der Waals surface area contributed by atoms with Crippen molar-refractivity contribution < 1.29 is 8.78 Å². The normalized spacial score (nSPS) is 19.3. The van der Waals surface area contributed by atoms with Gasteiger partial charge in [0.2, 0.25) is 0 Å². The average Bonchev–Trinajstić information content (AvgIpc) is 2.27. The van der Waals surface area contributed by atoms with E-state index in [4.69, 9.17) is 5.73 Å². The summed E-state index contributed by atoms with van der Waals surface area (Å²) in [5, 5.41) is 0. The van der Waals surface area contributed by atoms with Crippen molar-refractivity contribution in [1.82, 2.24) is 0 Å². The molecule has 100 valence electrons. The van der Waals surface area contributed by atoms with Crippen LogP contribution in [0.2, 0.25) is 0 Å². The van der Waals surface area contributed by atoms with Crippen molar-refractivity contribution in [2.24, 2.45) is 0 Å². The first-order valence-corrected chi connectivity index (χ1v) is 6.94. The molecule has 1 aromatic rings. The van der Waals surface area contributed by atoms with E-state index < -0.39 is 6.43 Å². The highest BCUT2D eigenvalue weighted by Gasteiger charge is 2.29. The molecule has 0 bridgehead atoms. The number of nitrogens with two attached hydrogens (primary N) is 1. The van der Waals surface area contributed by atoms with Crippen molar-refractivity contribution in [3.63, 3.8) is 0 Å². The zero-order valence-electron chi connectivity index (χ0n) is 10.6. The van der Waals surface area contributed by atoms with Crippen molar-refractivity contribution >= 4 is 23.1 Å². The van der Waals surface area contributed by atoms with Gasteiger partial charge >= 0.3 is 0 Å². The molecule has 0 aromatic heterocycles. The largest absolute Gasteiger partial charge is 0.399 e. The zero-order valence-corrected chi connectivity index (χ0v) is 11.4. The topological polar surface area (TPSA) is 29.3 Å². The van der Waals surface area contributed by atoms with Gasteiger partial charge in [-0.05, 0) is 32.0 Å². The molecule has 2 nitrogen and oxygen atoms in total. The van der Waals surface area contributed by atoms with Gasteiger partial charge in [-0.3, -0.25) is 0 Å². The molecule has 1 aromatic carbocycles. The number of hydrogen-bond acceptors (Lipinski definition) is 3. The van der Waals surface area contributed by atoms with E-state index >= 15 is 0 Å². The fourth-order valence-electron chi connectivity index (χ4n) is 2.26. The Morgan fingerprint density at radius 1 is 1.39 bits per heavy atom. The number of halogens is 2. The van der Waals surface area contributed by atoms with Crippen LogP contribution in [-0.4, -0.2) is 23.6 Å². The van der Waals surface area contributed by atoms with Gasteiger partial charge in [0, 0.05) is 40.5 Å². The highest BCUT2D eigenvalue weighted by Crippen LogP contribution is 2.37. The van der Waals surface area contributed by atoms with Gasteiger partial charge in [0.25, 0.3) is 6.43 Å². The zero-order chi connectivity index (χ0) is 13.3. The first kappa shape index (κ1) is 13.5. The van der Waals surface area contributed by atoms with E-state index in [1.54, 1.807) is 12.1 Å². The lowest BCUT2D eigenvalue weighted by Crippen LogP contribution is -2.43. The smallest absolute Gasteiger partial charge is 0.265 e. The minimum Gasteiger partial charge on any atom is -0.399 e. The molecule has 0 aliphatic carbocycles. The minimum atomic E-state index is -2.49. The van der Waals surface area contributed by atoms with E-state index in [2.05, 4.69) is 13.8 Å². The maximum Gasteiger partial charge on any atom is 0.265 e. The predicted molar refractivity (Wildman–Crippen MR) is 74.6 cm³/mol. The second-order valence-electron chi connectivity index (χ2n) is 5.15. The SMILES string of the molecule is CC1(C)CN(c2ccc(N)cc2C(F)F)CCS1. The van der Waals surface area contributed by atoms with Gasteiger partial charge in [-0.25, -0.2) is 8.78 Å². The molecule has 1 fully saturated rings. The monoisotopic (exact) mass is 272 g/mol. The molecule has 1 aliphatic heterocycles. The number of alkyl halides is 2. The molecule has 2 N–H and O–H groups in total. The molecule has 1 aliphatic rings. The summed E-state index contributed by atoms with van der Waals surface area (Å²) >= 11 is 1.88. The van der Waals surface area contributed by atoms with Gasteiger partial charge in [0.05, 0.1) is 0 Å². The third kappa shape index (κ3) is 2.88. The highest BCUT2D eigenvalue weighted by molar-refractivity contribution is 8.00. The Balaban J connectivity index is 2.32. The molecule has 0 spiro atoms. The molecule has 0 radical (unpaired) electrons. The molecule has 0 amide bonds. The fraction of sp³-hybridized carbons (Fsp3) is 0.538. The summed E-state index contributed by atoms with van der Waals surface area (Å²) < 4.78 is 26.2. The molecule has 2 rings (SSSR count). The Morgan fingerprint density at radius 3 is 2.72 bits per heavy atom. The molecule has 0 atom stereocenters. The molecule has 18 heavy (non-hydrogen) atoms. The molecular weight excluding hydrogens is 254 g/mol. The second kappa shape index (κ2) is 4.96. The molecule has 1 heterocycles. The molecule has 0 saturated carbocycles. The molecule has 5 heteroatoms. The van der Waals surface area contributed by atoms with Crippen LogP contribution in [0.25, 0.3) is 0 Å². The number of nitrogens with zero attached hydrogens (tertiary/aromatic N) is 1. The van der Waals surface area contributed by atoms with Gasteiger partial charge in [0.1, 0.15) is 0 Å². The van der Waals surface area contributed by atoms with Gasteiger partial charge in [-0.1, -0.05) is 0 Å². The molecule has 0 unspecified atom stereocenters. The van der Waals surface area contributed by atoms with E-state index in [-0.39, 0.29) is 10.3 Å². The lowest BCUT2D eigenvalue weighted by atomic mass is 10.1. The fourth-order valence-corrected chi connectivity index (χ4v) is 3.37. The Labute approximate surface area is 111 Å². The van der Waals surface area contributed by atoms with Crippen LogP contribution in [0, 0.1) is 0 Å². The number of anilines is 2. The number of thioether (sulfide) groups is 1. The lowest BCUT2D eigenvalue weighted by Gasteiger charge is -2.39. The van der Waals surface area contributed by atoms with Crippen LogP contribution in [0.5, 0.6) is 0 Å². The predicted octanol–water partition coefficient (Wildman–Crippen LogP) is 3.54. The molecular formula is C13H18F2N2S. The van der Waals surface area contributed by atoms with Crippen LogP contribution in [0.15, 0.2) is 18.2 Å². The first-order valence-electron chi connectivity index (χ1n) is 5.95. The van der Waals surface area contributed by atoms with E-state index in [0.717, 1.165) is 18.8 Å². The summed E-state index contributed by atoms with van der Waals surface area (Å²) in [4.78, 5) is 2.04. The average molecular weight is 272 g/mol. The number of hydrogen-bond donors (Lipinski definition) is 1. The number of nitrogen functional groups attached to an aromatic ring is 1. The Bertz CT molecular complexity index is 435. The van der Waals surface area contributed by atoms with Crippen LogP contribution < -0.4 is 10.6 Å². The minimum absolute atomic E-state index is 0.0395. The Hall–Kier alpha value is -0.970. The standard InChI is InChI=1S/C13H18F2N2S/c1-13(2)8-17(5-6-18-13)11-4-3-9(16)7-10(11)12(14)15/h3-4,7,12H,5-6,8,16H2,1-2H3. The molecule has 1 saturated heterocycles. The van der Waals surface area contributed by atoms with Gasteiger partial charge < -0.3 is 10.6 Å². The van der Waals surface area contributed by atoms with E-state index in [1.807, 2.05) is 16.7 Å². The summed E-state index contributed by atoms with van der Waals surface area (Å²) in [6.45, 7) is 5.87. The van der Waals surface area contributed by atoms with Crippen molar-refractivity contribution in [2.75, 3.05) is 29.5 Å². The number of rotatable bonds is 2. The van der Waals surface area contributed by atoms with E-state index in [1.165, 1.54) is 6.07 Å². The third-order valence-corrected chi connectivity index (χ3v) is 4.35. The lowest BCUT2D eigenvalue weighted by molar-refractivity contribution is 0.152. The van der Waals surface area contributed by atoms with Gasteiger partial charge in [0.15, 0.2) is 0 Å². The highest BCUT2D eigenvalue weighted by atomic mass is 32.2. The van der Waals surface area contributed by atoms with E-state index in [9.17, 15) is 8.78 Å². The van der Waals surface area contributed by atoms with Crippen LogP contribution in [0.4, 0.5) is 20.2 Å². The van der Waals surface area contributed by atoms with Gasteiger partial charge in [-0.2, -0.15) is 11.8 Å². The maximum atomic E-state index is 13.1. The van der Waals surface area contributed by atoms with Crippen LogP contribution in [0.3, 0.4) is 0 Å². The second-order valence-corrected chi connectivity index (χ2v) is 6.95. The Morgan fingerprint density at radius 2 is 2.11 bits per heavy atom. The van der Waals surface area contributed by atoms with Crippen molar-refractivity contribution in [3.8, 4) is 0 Å². The Kier molecular flexibility index (Phi) is 3.71. The summed E-state index contributed by atoms with van der Waals surface area (Å²) in [5.41, 5.74) is 6.64.